The normalized spacial score (nSPS) is 33.0. The van der Waals surface area contributed by atoms with Crippen molar-refractivity contribution >= 4 is 22.6 Å². The highest BCUT2D eigenvalue weighted by Crippen LogP contribution is 2.53. The summed E-state index contributed by atoms with van der Waals surface area (Å²) in [4.78, 5) is 0. The lowest BCUT2D eigenvalue weighted by molar-refractivity contribution is -0.265. The van der Waals surface area contributed by atoms with E-state index in [1.165, 1.54) is 0 Å². The van der Waals surface area contributed by atoms with Gasteiger partial charge in [0.05, 0.1) is 19.8 Å². The Balaban J connectivity index is 1.49. The first-order valence-electron chi connectivity index (χ1n) is 9.84. The van der Waals surface area contributed by atoms with Crippen LogP contribution in [-0.4, -0.2) is 34.0 Å². The van der Waals surface area contributed by atoms with Crippen LogP contribution in [0, 0.1) is 0 Å². The fraction of sp³-hybridized carbons (Fsp3) is 0.478. The van der Waals surface area contributed by atoms with Crippen molar-refractivity contribution in [1.82, 2.24) is 0 Å². The van der Waals surface area contributed by atoms with Gasteiger partial charge < -0.3 is 23.7 Å². The summed E-state index contributed by atoms with van der Waals surface area (Å²) in [6.07, 6.45) is -0.690. The van der Waals surface area contributed by atoms with Gasteiger partial charge in [-0.1, -0.05) is 60.7 Å². The summed E-state index contributed by atoms with van der Waals surface area (Å²) in [5, 5.41) is 0. The Morgan fingerprint density at radius 3 is 2.07 bits per heavy atom. The average Bonchev–Trinajstić information content (AvgIpc) is 3.02. The van der Waals surface area contributed by atoms with Crippen molar-refractivity contribution in [3.63, 3.8) is 0 Å². The first-order valence-corrected chi connectivity index (χ1v) is 10.9. The Morgan fingerprint density at radius 2 is 1.45 bits per heavy atom. The van der Waals surface area contributed by atoms with E-state index in [4.69, 9.17) is 23.7 Å². The molecule has 0 aliphatic carbocycles. The molecule has 0 bridgehead atoms. The number of halogens is 1. The molecule has 2 fully saturated rings. The van der Waals surface area contributed by atoms with Crippen molar-refractivity contribution in [2.75, 3.05) is 6.61 Å². The number of benzene rings is 2. The average molecular weight is 510 g/mol. The largest absolute Gasteiger partial charge is 0.373 e. The number of hydrogen-bond acceptors (Lipinski definition) is 5. The third-order valence-electron chi connectivity index (χ3n) is 5.13. The van der Waals surface area contributed by atoms with Crippen molar-refractivity contribution < 1.29 is 23.7 Å². The molecule has 6 heteroatoms. The Kier molecular flexibility index (Phi) is 6.03. The molecule has 0 saturated carbocycles. The van der Waals surface area contributed by atoms with Crippen molar-refractivity contribution in [3.8, 4) is 0 Å². The summed E-state index contributed by atoms with van der Waals surface area (Å²) >= 11 is 2.29. The number of rotatable bonds is 7. The molecule has 2 saturated heterocycles. The van der Waals surface area contributed by atoms with E-state index in [1.54, 1.807) is 0 Å². The zero-order valence-corrected chi connectivity index (χ0v) is 19.1. The predicted molar refractivity (Wildman–Crippen MR) is 117 cm³/mol. The van der Waals surface area contributed by atoms with Gasteiger partial charge in [0.15, 0.2) is 15.2 Å². The molecule has 5 nitrogen and oxygen atoms in total. The standard InChI is InChI=1S/C23H27IO5/c1-21(2)27-19-20(26-15-18-12-8-5-9-13-18)23(24,29-22(19,3)28-21)16-25-14-17-10-6-4-7-11-17/h4-13,19-20H,14-16H2,1-3H3/t19-,20+,22+,23-/m1/s1. The second-order valence-electron chi connectivity index (χ2n) is 8.14. The fourth-order valence-electron chi connectivity index (χ4n) is 3.99. The van der Waals surface area contributed by atoms with Gasteiger partial charge in [-0.2, -0.15) is 0 Å². The molecule has 4 rings (SSSR count). The molecule has 4 atom stereocenters. The number of hydrogen-bond donors (Lipinski definition) is 0. The maximum absolute atomic E-state index is 6.42. The maximum atomic E-state index is 6.42. The molecule has 0 N–H and O–H groups in total. The summed E-state index contributed by atoms with van der Waals surface area (Å²) in [6, 6.07) is 20.2. The minimum absolute atomic E-state index is 0.342. The van der Waals surface area contributed by atoms with Crippen LogP contribution in [0.2, 0.25) is 0 Å². The Bertz CT molecular complexity index is 815. The zero-order valence-electron chi connectivity index (χ0n) is 17.0. The van der Waals surface area contributed by atoms with Crippen LogP contribution < -0.4 is 0 Å². The summed E-state index contributed by atoms with van der Waals surface area (Å²) in [6.45, 7) is 7.05. The first kappa shape index (κ1) is 21.2. The second-order valence-corrected chi connectivity index (χ2v) is 9.97. The van der Waals surface area contributed by atoms with Gasteiger partial charge in [0.1, 0.15) is 12.2 Å². The lowest BCUT2D eigenvalue weighted by Crippen LogP contribution is -2.45. The van der Waals surface area contributed by atoms with Crippen LogP contribution >= 0.6 is 22.6 Å². The highest BCUT2D eigenvalue weighted by molar-refractivity contribution is 14.1. The van der Waals surface area contributed by atoms with Gasteiger partial charge in [0.2, 0.25) is 0 Å². The molecule has 29 heavy (non-hydrogen) atoms. The summed E-state index contributed by atoms with van der Waals surface area (Å²) in [5.41, 5.74) is 2.22. The maximum Gasteiger partial charge on any atom is 0.199 e. The third-order valence-corrected chi connectivity index (χ3v) is 6.28. The Hall–Kier alpha value is -1.03. The van der Waals surface area contributed by atoms with E-state index in [9.17, 15) is 0 Å². The van der Waals surface area contributed by atoms with Gasteiger partial charge in [0, 0.05) is 0 Å². The van der Waals surface area contributed by atoms with Gasteiger partial charge in [-0.05, 0) is 54.5 Å². The first-order chi connectivity index (χ1) is 13.8. The lowest BCUT2D eigenvalue weighted by atomic mass is 10.1. The van der Waals surface area contributed by atoms with Crippen LogP contribution in [0.25, 0.3) is 0 Å². The van der Waals surface area contributed by atoms with Crippen LogP contribution in [0.1, 0.15) is 31.9 Å². The Morgan fingerprint density at radius 1 is 0.862 bits per heavy atom. The van der Waals surface area contributed by atoms with E-state index in [2.05, 4.69) is 22.6 Å². The number of fused-ring (bicyclic) bond motifs is 1. The molecule has 0 amide bonds. The quantitative estimate of drug-likeness (QED) is 0.395. The van der Waals surface area contributed by atoms with E-state index in [0.717, 1.165) is 11.1 Å². The molecule has 0 unspecified atom stereocenters. The van der Waals surface area contributed by atoms with E-state index < -0.39 is 15.2 Å². The minimum atomic E-state index is -0.887. The fourth-order valence-corrected chi connectivity index (χ4v) is 5.15. The van der Waals surface area contributed by atoms with E-state index in [0.29, 0.717) is 19.8 Å². The predicted octanol–water partition coefficient (Wildman–Crippen LogP) is 4.82. The molecule has 2 aromatic carbocycles. The molecule has 2 aliphatic rings. The van der Waals surface area contributed by atoms with Gasteiger partial charge >= 0.3 is 0 Å². The topological polar surface area (TPSA) is 46.2 Å². The molecule has 156 valence electrons. The zero-order chi connectivity index (χ0) is 20.5. The van der Waals surface area contributed by atoms with Crippen LogP contribution in [-0.2, 0) is 36.9 Å². The van der Waals surface area contributed by atoms with E-state index >= 15 is 0 Å². The van der Waals surface area contributed by atoms with Gasteiger partial charge in [-0.15, -0.1) is 0 Å². The van der Waals surface area contributed by atoms with Crippen LogP contribution in [0.5, 0.6) is 0 Å². The molecule has 0 aromatic heterocycles. The van der Waals surface area contributed by atoms with Gasteiger partial charge in [-0.25, -0.2) is 0 Å². The summed E-state index contributed by atoms with van der Waals surface area (Å²) in [5.74, 6) is -1.61. The van der Waals surface area contributed by atoms with Crippen LogP contribution in [0.15, 0.2) is 60.7 Å². The minimum Gasteiger partial charge on any atom is -0.373 e. The van der Waals surface area contributed by atoms with Crippen molar-refractivity contribution in [2.45, 2.75) is 61.4 Å². The van der Waals surface area contributed by atoms with E-state index in [-0.39, 0.29) is 12.2 Å². The van der Waals surface area contributed by atoms with Crippen molar-refractivity contribution in [3.05, 3.63) is 71.8 Å². The molecular formula is C23H27IO5. The SMILES string of the molecule is CC1(C)O[C@@H]2[C@H](OCc3ccccc3)[C@@](I)(COCc3ccccc3)O[C@]2(C)O1. The number of alkyl halides is 1. The molecule has 0 spiro atoms. The summed E-state index contributed by atoms with van der Waals surface area (Å²) < 4.78 is 30.4. The van der Waals surface area contributed by atoms with Crippen LogP contribution in [0.4, 0.5) is 0 Å². The second kappa shape index (κ2) is 8.24. The van der Waals surface area contributed by atoms with Gasteiger partial charge in [-0.3, -0.25) is 0 Å². The summed E-state index contributed by atoms with van der Waals surface area (Å²) in [7, 11) is 0. The van der Waals surface area contributed by atoms with E-state index in [1.807, 2.05) is 81.4 Å². The highest BCUT2D eigenvalue weighted by Gasteiger charge is 2.68. The molecule has 2 aliphatic heterocycles. The number of ether oxygens (including phenoxy) is 5. The highest BCUT2D eigenvalue weighted by atomic mass is 127. The monoisotopic (exact) mass is 510 g/mol. The smallest absolute Gasteiger partial charge is 0.199 e. The van der Waals surface area contributed by atoms with Crippen LogP contribution in [0.3, 0.4) is 0 Å². The Labute approximate surface area is 185 Å². The molecule has 0 radical (unpaired) electrons. The third kappa shape index (κ3) is 4.68. The molecule has 2 heterocycles. The molecular weight excluding hydrogens is 483 g/mol. The van der Waals surface area contributed by atoms with Gasteiger partial charge in [0.25, 0.3) is 0 Å². The van der Waals surface area contributed by atoms with Crippen molar-refractivity contribution in [2.24, 2.45) is 0 Å². The molecule has 2 aromatic rings. The van der Waals surface area contributed by atoms with Crippen molar-refractivity contribution in [1.29, 1.82) is 0 Å². The lowest BCUT2D eigenvalue weighted by Gasteiger charge is -2.33.